The monoisotopic (exact) mass is 307 g/mol. The first-order valence-corrected chi connectivity index (χ1v) is 7.96. The van der Waals surface area contributed by atoms with Crippen molar-refractivity contribution >= 4 is 26.5 Å². The minimum Gasteiger partial charge on any atom is -0.446 e. The molecule has 1 saturated heterocycles. The second kappa shape index (κ2) is 7.34. The molecule has 1 fully saturated rings. The zero-order chi connectivity index (χ0) is 15.2. The number of aliphatic hydroxyl groups excluding tert-OH is 1. The first kappa shape index (κ1) is 15.7. The number of hydrogen-bond donors (Lipinski definition) is 1. The third-order valence-corrected chi connectivity index (χ3v) is 4.18. The van der Waals surface area contributed by atoms with Gasteiger partial charge in [0.15, 0.2) is 0 Å². The molecule has 112 valence electrons. The van der Waals surface area contributed by atoms with Gasteiger partial charge in [-0.2, -0.15) is 0 Å². The molecule has 1 N–H and O–H groups in total. The number of carbonyl (C=O) groups is 2. The highest BCUT2D eigenvalue weighted by Crippen LogP contribution is 2.24. The first-order valence-electron chi connectivity index (χ1n) is 6.81. The van der Waals surface area contributed by atoms with Gasteiger partial charge in [-0.05, 0) is 18.4 Å². The molecule has 0 radical (unpaired) electrons. The highest BCUT2D eigenvalue weighted by atomic mass is 31.1. The Bertz CT molecular complexity index is 520. The van der Waals surface area contributed by atoms with E-state index in [1.54, 1.807) is 0 Å². The number of carbonyl (C=O) groups excluding carboxylic acids is 2. The number of cyclic esters (lactones) is 1. The molecule has 1 aromatic rings. The van der Waals surface area contributed by atoms with Crippen LogP contribution in [0, 0.1) is 0 Å². The van der Waals surface area contributed by atoms with Crippen LogP contribution < -0.4 is 0 Å². The quantitative estimate of drug-likeness (QED) is 0.820. The van der Waals surface area contributed by atoms with Gasteiger partial charge in [0.2, 0.25) is 5.91 Å². The molecular formula is C15H18NO4P. The van der Waals surface area contributed by atoms with E-state index >= 15 is 0 Å². The molecule has 1 aliphatic rings. The van der Waals surface area contributed by atoms with Crippen LogP contribution in [0.1, 0.15) is 30.9 Å². The molecule has 1 aromatic carbocycles. The van der Waals surface area contributed by atoms with Crippen LogP contribution in [0.25, 0.3) is 0 Å². The molecule has 0 saturated carbocycles. The van der Waals surface area contributed by atoms with Crippen molar-refractivity contribution in [2.45, 2.75) is 31.1 Å². The maximum Gasteiger partial charge on any atom is 0.417 e. The third-order valence-electron chi connectivity index (χ3n) is 3.38. The molecule has 1 heterocycles. The van der Waals surface area contributed by atoms with Crippen LogP contribution in [0.3, 0.4) is 0 Å². The summed E-state index contributed by atoms with van der Waals surface area (Å²) in [6.45, 7) is 0.211. The number of amides is 2. The van der Waals surface area contributed by atoms with E-state index in [4.69, 9.17) is 4.74 Å². The Morgan fingerprint density at radius 3 is 2.86 bits per heavy atom. The van der Waals surface area contributed by atoms with E-state index in [1.807, 2.05) is 30.3 Å². The normalized spacial score (nSPS) is 19.6. The molecule has 0 spiro atoms. The van der Waals surface area contributed by atoms with Crippen molar-refractivity contribution in [1.29, 1.82) is 0 Å². The Morgan fingerprint density at radius 1 is 1.48 bits per heavy atom. The van der Waals surface area contributed by atoms with E-state index in [9.17, 15) is 14.7 Å². The Kier molecular flexibility index (Phi) is 5.48. The van der Waals surface area contributed by atoms with Gasteiger partial charge >= 0.3 is 6.09 Å². The third kappa shape index (κ3) is 3.90. The Balaban J connectivity index is 1.82. The fourth-order valence-electron chi connectivity index (χ4n) is 2.22. The number of benzene rings is 1. The highest BCUT2D eigenvalue weighted by molar-refractivity contribution is 7.37. The lowest BCUT2D eigenvalue weighted by atomic mass is 10.0. The van der Waals surface area contributed by atoms with E-state index in [0.29, 0.717) is 21.0 Å². The van der Waals surface area contributed by atoms with Gasteiger partial charge in [-0.15, -0.1) is 0 Å². The van der Waals surface area contributed by atoms with Crippen molar-refractivity contribution in [3.63, 3.8) is 0 Å². The van der Waals surface area contributed by atoms with Crippen LogP contribution in [-0.2, 0) is 9.53 Å². The van der Waals surface area contributed by atoms with Crippen molar-refractivity contribution in [2.75, 3.05) is 6.61 Å². The number of rotatable bonds is 6. The lowest BCUT2D eigenvalue weighted by Gasteiger charge is -2.16. The van der Waals surface area contributed by atoms with E-state index in [1.165, 1.54) is 0 Å². The summed E-state index contributed by atoms with van der Waals surface area (Å²) in [5.74, 6) is -0.553. The largest absolute Gasteiger partial charge is 0.446 e. The van der Waals surface area contributed by atoms with Crippen LogP contribution in [0.5, 0.6) is 0 Å². The molecule has 2 unspecified atom stereocenters. The molecule has 2 atom stereocenters. The molecular weight excluding hydrogens is 289 g/mol. The van der Waals surface area contributed by atoms with Crippen LogP contribution in [0.2, 0.25) is 0 Å². The Hall–Kier alpha value is -1.71. The van der Waals surface area contributed by atoms with Crippen molar-refractivity contribution in [3.05, 3.63) is 35.9 Å². The van der Waals surface area contributed by atoms with Gasteiger partial charge in [0.05, 0.1) is 6.10 Å². The van der Waals surface area contributed by atoms with Gasteiger partial charge in [-0.25, -0.2) is 9.69 Å². The van der Waals surface area contributed by atoms with Gasteiger partial charge in [0.25, 0.3) is 0 Å². The van der Waals surface area contributed by atoms with E-state index < -0.39 is 12.2 Å². The average molecular weight is 307 g/mol. The van der Waals surface area contributed by atoms with Crippen LogP contribution in [-0.4, -0.2) is 40.7 Å². The van der Waals surface area contributed by atoms with Gasteiger partial charge in [-0.1, -0.05) is 44.8 Å². The lowest BCUT2D eigenvalue weighted by Crippen LogP contribution is -2.35. The van der Waals surface area contributed by atoms with Crippen molar-refractivity contribution < 1.29 is 19.4 Å². The Morgan fingerprint density at radius 2 is 2.19 bits per heavy atom. The lowest BCUT2D eigenvalue weighted by molar-refractivity contribution is -0.128. The van der Waals surface area contributed by atoms with E-state index in [2.05, 4.69) is 6.30 Å². The average Bonchev–Trinajstić information content (AvgIpc) is 2.89. The topological polar surface area (TPSA) is 66.8 Å². The van der Waals surface area contributed by atoms with Gasteiger partial charge < -0.3 is 9.84 Å². The standard InChI is InChI=1S/C15H18NO4P/c1-21-14-10-20-15(19)16(14)13(18)9-5-8-12(17)11-6-3-2-4-7-11/h2-4,6-7,12,14,17H,1,5,8-10H2. The minimum absolute atomic E-state index is 0.211. The highest BCUT2D eigenvalue weighted by Gasteiger charge is 2.36. The summed E-state index contributed by atoms with van der Waals surface area (Å²) in [4.78, 5) is 24.7. The summed E-state index contributed by atoms with van der Waals surface area (Å²) < 4.78 is 4.86. The van der Waals surface area contributed by atoms with E-state index in [0.717, 1.165) is 10.5 Å². The predicted octanol–water partition coefficient (Wildman–Crippen LogP) is 2.57. The van der Waals surface area contributed by atoms with Crippen molar-refractivity contribution in [1.82, 2.24) is 4.90 Å². The van der Waals surface area contributed by atoms with Gasteiger partial charge in [0, 0.05) is 6.42 Å². The second-order valence-corrected chi connectivity index (χ2v) is 5.78. The summed E-state index contributed by atoms with van der Waals surface area (Å²) in [7, 11) is 0.689. The molecule has 2 rings (SSSR count). The van der Waals surface area contributed by atoms with Crippen molar-refractivity contribution in [2.24, 2.45) is 0 Å². The first-order chi connectivity index (χ1) is 10.1. The van der Waals surface area contributed by atoms with Crippen molar-refractivity contribution in [3.8, 4) is 0 Å². The molecule has 5 nitrogen and oxygen atoms in total. The minimum atomic E-state index is -0.593. The van der Waals surface area contributed by atoms with Gasteiger partial charge in [-0.3, -0.25) is 4.79 Å². The number of imide groups is 1. The Labute approximate surface area is 125 Å². The summed E-state index contributed by atoms with van der Waals surface area (Å²) in [5, 5.41) is 10.0. The fourth-order valence-corrected chi connectivity index (χ4v) is 2.79. The number of hydrogen-bond acceptors (Lipinski definition) is 4. The molecule has 1 aliphatic heterocycles. The number of ether oxygens (including phenoxy) is 1. The van der Waals surface area contributed by atoms with Gasteiger partial charge in [0.1, 0.15) is 12.4 Å². The SMILES string of the molecule is C=PC1COC(=O)N1C(=O)CCCC(O)c1ccccc1. The molecule has 6 heteroatoms. The van der Waals surface area contributed by atoms with Crippen LogP contribution in [0.4, 0.5) is 4.79 Å². The number of aliphatic hydroxyl groups is 1. The molecule has 0 aliphatic carbocycles. The summed E-state index contributed by atoms with van der Waals surface area (Å²) in [6, 6.07) is 9.31. The predicted molar refractivity (Wildman–Crippen MR) is 81.3 cm³/mol. The fraction of sp³-hybridized carbons (Fsp3) is 0.400. The van der Waals surface area contributed by atoms with E-state index in [-0.39, 0.29) is 24.7 Å². The number of nitrogens with zero attached hydrogens (tertiary/aromatic N) is 1. The maximum absolute atomic E-state index is 12.1. The molecule has 2 amide bonds. The molecule has 0 aromatic heterocycles. The summed E-state index contributed by atoms with van der Waals surface area (Å²) >= 11 is 0. The molecule has 21 heavy (non-hydrogen) atoms. The smallest absolute Gasteiger partial charge is 0.417 e. The maximum atomic E-state index is 12.1. The summed E-state index contributed by atoms with van der Waals surface area (Å²) in [6.07, 6.45) is 3.71. The zero-order valence-corrected chi connectivity index (χ0v) is 12.5. The summed E-state index contributed by atoms with van der Waals surface area (Å²) in [5.41, 5.74) is 0.833. The zero-order valence-electron chi connectivity index (χ0n) is 11.6. The second-order valence-electron chi connectivity index (χ2n) is 4.82. The van der Waals surface area contributed by atoms with Crippen LogP contribution in [0.15, 0.2) is 30.3 Å². The van der Waals surface area contributed by atoms with Crippen LogP contribution >= 0.6 is 8.20 Å². The molecule has 0 bridgehead atoms.